The Balaban J connectivity index is 2.25. The molecule has 2 aromatic rings. The van der Waals surface area contributed by atoms with Crippen LogP contribution in [0.25, 0.3) is 0 Å². The quantitative estimate of drug-likeness (QED) is 0.889. The maximum atomic E-state index is 12.2. The first kappa shape index (κ1) is 14.6. The summed E-state index contributed by atoms with van der Waals surface area (Å²) in [5.74, 6) is 0. The third-order valence-corrected chi connectivity index (χ3v) is 4.40. The zero-order valence-corrected chi connectivity index (χ0v) is 12.0. The van der Waals surface area contributed by atoms with Crippen molar-refractivity contribution in [3.63, 3.8) is 0 Å². The average molecular weight is 291 g/mol. The van der Waals surface area contributed by atoms with E-state index in [2.05, 4.69) is 4.72 Å². The molecule has 0 heterocycles. The highest BCUT2D eigenvalue weighted by atomic mass is 32.2. The van der Waals surface area contributed by atoms with E-state index in [0.717, 1.165) is 12.0 Å². The van der Waals surface area contributed by atoms with Crippen molar-refractivity contribution in [1.82, 2.24) is 0 Å². The molecule has 2 N–H and O–H groups in total. The number of sulfonamides is 1. The molecule has 2 aromatic carbocycles. The normalized spacial score (nSPS) is 11.3. The average Bonchev–Trinajstić information content (AvgIpc) is 2.47. The Hall–Kier alpha value is -1.85. The third-order valence-electron chi connectivity index (χ3n) is 3.00. The van der Waals surface area contributed by atoms with Gasteiger partial charge in [-0.2, -0.15) is 0 Å². The molecule has 0 fully saturated rings. The molecule has 0 saturated carbocycles. The van der Waals surface area contributed by atoms with Gasteiger partial charge in [-0.3, -0.25) is 4.72 Å². The van der Waals surface area contributed by atoms with E-state index >= 15 is 0 Å². The number of hydrogen-bond donors (Lipinski definition) is 2. The molecule has 5 heteroatoms. The first-order chi connectivity index (χ1) is 9.55. The predicted octanol–water partition coefficient (Wildman–Crippen LogP) is 2.54. The summed E-state index contributed by atoms with van der Waals surface area (Å²) in [6, 6.07) is 13.5. The monoisotopic (exact) mass is 291 g/mol. The van der Waals surface area contributed by atoms with Gasteiger partial charge in [0.05, 0.1) is 11.5 Å². The SMILES string of the molecule is CCc1cccc(NS(=O)(=O)c2ccc(CO)cc2)c1. The number of aryl methyl sites for hydroxylation is 1. The van der Waals surface area contributed by atoms with Crippen LogP contribution in [0.5, 0.6) is 0 Å². The maximum Gasteiger partial charge on any atom is 0.261 e. The summed E-state index contributed by atoms with van der Waals surface area (Å²) in [6.07, 6.45) is 0.848. The van der Waals surface area contributed by atoms with Crippen LogP contribution in [-0.2, 0) is 23.1 Å². The standard InChI is InChI=1S/C15H17NO3S/c1-2-12-4-3-5-14(10-12)16-20(18,19)15-8-6-13(11-17)7-9-15/h3-10,16-17H,2,11H2,1H3. The molecule has 0 atom stereocenters. The molecule has 0 amide bonds. The van der Waals surface area contributed by atoms with Crippen LogP contribution in [-0.4, -0.2) is 13.5 Å². The largest absolute Gasteiger partial charge is 0.392 e. The molecule has 0 aliphatic carbocycles. The molecule has 0 radical (unpaired) electrons. The molecule has 20 heavy (non-hydrogen) atoms. The van der Waals surface area contributed by atoms with Crippen LogP contribution in [0.4, 0.5) is 5.69 Å². The zero-order chi connectivity index (χ0) is 14.6. The van der Waals surface area contributed by atoms with Crippen LogP contribution in [0.1, 0.15) is 18.1 Å². The van der Waals surface area contributed by atoms with E-state index < -0.39 is 10.0 Å². The van der Waals surface area contributed by atoms with E-state index in [-0.39, 0.29) is 11.5 Å². The van der Waals surface area contributed by atoms with Gasteiger partial charge in [-0.05, 0) is 41.8 Å². The van der Waals surface area contributed by atoms with Gasteiger partial charge in [0.25, 0.3) is 10.0 Å². The van der Waals surface area contributed by atoms with Gasteiger partial charge < -0.3 is 5.11 Å². The van der Waals surface area contributed by atoms with Crippen LogP contribution >= 0.6 is 0 Å². The highest BCUT2D eigenvalue weighted by molar-refractivity contribution is 7.92. The highest BCUT2D eigenvalue weighted by Gasteiger charge is 2.13. The zero-order valence-electron chi connectivity index (χ0n) is 11.2. The van der Waals surface area contributed by atoms with Crippen molar-refractivity contribution in [1.29, 1.82) is 0 Å². The van der Waals surface area contributed by atoms with Gasteiger partial charge in [0.1, 0.15) is 0 Å². The van der Waals surface area contributed by atoms with Crippen LogP contribution in [0.2, 0.25) is 0 Å². The van der Waals surface area contributed by atoms with Crippen molar-refractivity contribution < 1.29 is 13.5 Å². The molecular weight excluding hydrogens is 274 g/mol. The molecule has 0 unspecified atom stereocenters. The smallest absolute Gasteiger partial charge is 0.261 e. The Morgan fingerprint density at radius 3 is 2.35 bits per heavy atom. The van der Waals surface area contributed by atoms with Crippen molar-refractivity contribution >= 4 is 15.7 Å². The van der Waals surface area contributed by atoms with Crippen LogP contribution < -0.4 is 4.72 Å². The Morgan fingerprint density at radius 1 is 1.05 bits per heavy atom. The van der Waals surface area contributed by atoms with E-state index in [1.54, 1.807) is 18.2 Å². The molecule has 0 bridgehead atoms. The van der Waals surface area contributed by atoms with Crippen molar-refractivity contribution in [2.75, 3.05) is 4.72 Å². The number of nitrogens with one attached hydrogen (secondary N) is 1. The minimum atomic E-state index is -3.59. The molecule has 4 nitrogen and oxygen atoms in total. The first-order valence-corrected chi connectivity index (χ1v) is 7.85. The number of aliphatic hydroxyl groups is 1. The summed E-state index contributed by atoms with van der Waals surface area (Å²) >= 11 is 0. The molecule has 0 aromatic heterocycles. The minimum Gasteiger partial charge on any atom is -0.392 e. The van der Waals surface area contributed by atoms with Crippen LogP contribution in [0, 0.1) is 0 Å². The van der Waals surface area contributed by atoms with Crippen molar-refractivity contribution in [2.24, 2.45) is 0 Å². The lowest BCUT2D eigenvalue weighted by atomic mass is 10.1. The predicted molar refractivity (Wildman–Crippen MR) is 79.0 cm³/mol. The number of hydrogen-bond acceptors (Lipinski definition) is 3. The fourth-order valence-corrected chi connectivity index (χ4v) is 2.89. The summed E-state index contributed by atoms with van der Waals surface area (Å²) in [7, 11) is -3.59. The maximum absolute atomic E-state index is 12.2. The van der Waals surface area contributed by atoms with Crippen LogP contribution in [0.15, 0.2) is 53.4 Å². The Kier molecular flexibility index (Phi) is 4.42. The molecule has 106 valence electrons. The van der Waals surface area contributed by atoms with Gasteiger partial charge in [0.15, 0.2) is 0 Å². The minimum absolute atomic E-state index is 0.105. The second-order valence-corrected chi connectivity index (χ2v) is 6.14. The second-order valence-electron chi connectivity index (χ2n) is 4.46. The van der Waals surface area contributed by atoms with E-state index in [1.165, 1.54) is 12.1 Å². The summed E-state index contributed by atoms with van der Waals surface area (Å²) in [5, 5.41) is 8.96. The summed E-state index contributed by atoms with van der Waals surface area (Å²) in [4.78, 5) is 0.177. The van der Waals surface area contributed by atoms with Gasteiger partial charge in [-0.25, -0.2) is 8.42 Å². The van der Waals surface area contributed by atoms with Crippen molar-refractivity contribution in [3.8, 4) is 0 Å². The van der Waals surface area contributed by atoms with Gasteiger partial charge in [-0.1, -0.05) is 31.2 Å². The lowest BCUT2D eigenvalue weighted by molar-refractivity contribution is 0.282. The van der Waals surface area contributed by atoms with E-state index in [4.69, 9.17) is 5.11 Å². The summed E-state index contributed by atoms with van der Waals surface area (Å²) < 4.78 is 27.0. The van der Waals surface area contributed by atoms with Gasteiger partial charge >= 0.3 is 0 Å². The summed E-state index contributed by atoms with van der Waals surface area (Å²) in [6.45, 7) is 1.91. The molecule has 0 aliphatic rings. The Morgan fingerprint density at radius 2 is 1.75 bits per heavy atom. The molecular formula is C15H17NO3S. The van der Waals surface area contributed by atoms with Gasteiger partial charge in [0, 0.05) is 5.69 Å². The van der Waals surface area contributed by atoms with Gasteiger partial charge in [0.2, 0.25) is 0 Å². The summed E-state index contributed by atoms with van der Waals surface area (Å²) in [5.41, 5.74) is 2.30. The van der Waals surface area contributed by atoms with Crippen molar-refractivity contribution in [2.45, 2.75) is 24.8 Å². The lowest BCUT2D eigenvalue weighted by Gasteiger charge is -2.09. The number of rotatable bonds is 5. The molecule has 0 spiro atoms. The molecule has 2 rings (SSSR count). The van der Waals surface area contributed by atoms with Gasteiger partial charge in [-0.15, -0.1) is 0 Å². The molecule has 0 saturated heterocycles. The topological polar surface area (TPSA) is 66.4 Å². The van der Waals surface area contributed by atoms with E-state index in [0.29, 0.717) is 11.3 Å². The second kappa shape index (κ2) is 6.07. The van der Waals surface area contributed by atoms with E-state index in [9.17, 15) is 8.42 Å². The first-order valence-electron chi connectivity index (χ1n) is 6.36. The molecule has 0 aliphatic heterocycles. The Labute approximate surface area is 119 Å². The lowest BCUT2D eigenvalue weighted by Crippen LogP contribution is -2.13. The van der Waals surface area contributed by atoms with E-state index in [1.807, 2.05) is 25.1 Å². The highest BCUT2D eigenvalue weighted by Crippen LogP contribution is 2.18. The number of benzene rings is 2. The Bertz CT molecular complexity index is 679. The third kappa shape index (κ3) is 3.37. The van der Waals surface area contributed by atoms with Crippen LogP contribution in [0.3, 0.4) is 0 Å². The number of anilines is 1. The fraction of sp³-hybridized carbons (Fsp3) is 0.200. The fourth-order valence-electron chi connectivity index (χ4n) is 1.84. The van der Waals surface area contributed by atoms with Crippen molar-refractivity contribution in [3.05, 3.63) is 59.7 Å². The number of aliphatic hydroxyl groups excluding tert-OH is 1.